The van der Waals surface area contributed by atoms with Crippen molar-refractivity contribution in [1.29, 1.82) is 0 Å². The predicted octanol–water partition coefficient (Wildman–Crippen LogP) is 4.82. The Morgan fingerprint density at radius 2 is 1.50 bits per heavy atom. The first kappa shape index (κ1) is 16.2. The molecule has 2 aromatic heterocycles. The quantitative estimate of drug-likeness (QED) is 0.553. The van der Waals surface area contributed by atoms with E-state index in [9.17, 15) is 0 Å². The van der Waals surface area contributed by atoms with E-state index < -0.39 is 0 Å². The van der Waals surface area contributed by atoms with Crippen LogP contribution in [0.1, 0.15) is 23.9 Å². The molecule has 2 N–H and O–H groups in total. The highest BCUT2D eigenvalue weighted by atomic mass is 32.1. The molecule has 3 heterocycles. The summed E-state index contributed by atoms with van der Waals surface area (Å²) in [5, 5.41) is 2.21. The fraction of sp³-hybridized carbons (Fsp3) is 0.300. The minimum Gasteiger partial charge on any atom is -0.348 e. The van der Waals surface area contributed by atoms with Gasteiger partial charge in [-0.2, -0.15) is 0 Å². The van der Waals surface area contributed by atoms with Crippen molar-refractivity contribution in [1.82, 2.24) is 9.97 Å². The molecule has 5 rings (SSSR count). The number of nitrogens with zero attached hydrogens (tertiary/aromatic N) is 3. The molecule has 1 aliphatic rings. The lowest BCUT2D eigenvalue weighted by atomic mass is 9.90. The van der Waals surface area contributed by atoms with E-state index in [1.807, 2.05) is 6.07 Å². The number of anilines is 1. The largest absolute Gasteiger partial charge is 0.348 e. The van der Waals surface area contributed by atoms with Crippen molar-refractivity contribution in [2.75, 3.05) is 18.0 Å². The van der Waals surface area contributed by atoms with E-state index in [4.69, 9.17) is 15.7 Å². The Morgan fingerprint density at radius 1 is 0.885 bits per heavy atom. The second-order valence-corrected chi connectivity index (χ2v) is 8.91. The van der Waals surface area contributed by atoms with E-state index in [1.54, 1.807) is 22.7 Å². The van der Waals surface area contributed by atoms with E-state index in [1.165, 1.54) is 9.40 Å². The van der Waals surface area contributed by atoms with Crippen molar-refractivity contribution in [3.63, 3.8) is 0 Å². The van der Waals surface area contributed by atoms with Gasteiger partial charge in [-0.05, 0) is 43.0 Å². The zero-order valence-corrected chi connectivity index (χ0v) is 16.0. The van der Waals surface area contributed by atoms with Crippen LogP contribution in [0.2, 0.25) is 0 Å². The minimum absolute atomic E-state index is 0.0323. The molecule has 1 atom stereocenters. The van der Waals surface area contributed by atoms with Crippen LogP contribution in [-0.2, 0) is 0 Å². The molecule has 0 saturated carbocycles. The van der Waals surface area contributed by atoms with Gasteiger partial charge in [0.05, 0.1) is 26.5 Å². The monoisotopic (exact) mass is 380 g/mol. The number of para-hydroxylation sites is 2. The van der Waals surface area contributed by atoms with E-state index in [0.29, 0.717) is 5.92 Å². The second kappa shape index (κ2) is 6.61. The number of hydrogen-bond acceptors (Lipinski definition) is 6. The molecule has 1 unspecified atom stereocenters. The third-order valence-corrected chi connectivity index (χ3v) is 7.43. The first-order chi connectivity index (χ1) is 12.8. The van der Waals surface area contributed by atoms with Crippen LogP contribution in [0.5, 0.6) is 0 Å². The van der Waals surface area contributed by atoms with Gasteiger partial charge in [0.2, 0.25) is 0 Å². The standard InChI is InChI=1S/C20H20N4S2/c21-18(19-22-14-5-1-3-7-16(14)25-19)13-9-11-24(12-10-13)20-23-15-6-2-4-8-17(15)26-20/h1-8,13,18H,9-12,21H2. The van der Waals surface area contributed by atoms with Crippen LogP contribution in [0, 0.1) is 5.92 Å². The number of aromatic nitrogens is 2. The second-order valence-electron chi connectivity index (χ2n) is 6.83. The molecule has 1 fully saturated rings. The number of benzene rings is 2. The molecule has 0 aliphatic carbocycles. The predicted molar refractivity (Wildman–Crippen MR) is 111 cm³/mol. The summed E-state index contributed by atoms with van der Waals surface area (Å²) in [5.41, 5.74) is 8.76. The normalized spacial score (nSPS) is 17.2. The molecule has 4 aromatic rings. The summed E-state index contributed by atoms with van der Waals surface area (Å²) in [6, 6.07) is 16.7. The topological polar surface area (TPSA) is 55.0 Å². The van der Waals surface area contributed by atoms with E-state index in [0.717, 1.165) is 47.1 Å². The average molecular weight is 381 g/mol. The number of rotatable bonds is 3. The fourth-order valence-corrected chi connectivity index (χ4v) is 5.76. The van der Waals surface area contributed by atoms with Crippen molar-refractivity contribution in [3.05, 3.63) is 53.5 Å². The Hall–Kier alpha value is -2.02. The molecule has 0 amide bonds. The molecular formula is C20H20N4S2. The minimum atomic E-state index is 0.0323. The number of nitrogens with two attached hydrogens (primary N) is 1. The number of fused-ring (bicyclic) bond motifs is 2. The van der Waals surface area contributed by atoms with Gasteiger partial charge in [-0.25, -0.2) is 9.97 Å². The van der Waals surface area contributed by atoms with Crippen molar-refractivity contribution >= 4 is 48.2 Å². The van der Waals surface area contributed by atoms with Crippen LogP contribution < -0.4 is 10.6 Å². The molecule has 2 aromatic carbocycles. The molecule has 1 aliphatic heterocycles. The maximum atomic E-state index is 6.60. The Kier molecular flexibility index (Phi) is 4.11. The lowest BCUT2D eigenvalue weighted by Gasteiger charge is -2.33. The van der Waals surface area contributed by atoms with Gasteiger partial charge < -0.3 is 10.6 Å². The molecule has 132 valence electrons. The number of hydrogen-bond donors (Lipinski definition) is 1. The highest BCUT2D eigenvalue weighted by Gasteiger charge is 2.28. The first-order valence-electron chi connectivity index (χ1n) is 8.99. The average Bonchev–Trinajstić information content (AvgIpc) is 3.31. The SMILES string of the molecule is NC(c1nc2ccccc2s1)C1CCN(c2nc3ccccc3s2)CC1. The fourth-order valence-electron chi connectivity index (χ4n) is 3.68. The van der Waals surface area contributed by atoms with Crippen molar-refractivity contribution in [2.45, 2.75) is 18.9 Å². The van der Waals surface area contributed by atoms with Gasteiger partial charge in [0.15, 0.2) is 5.13 Å². The Labute approximate surface area is 160 Å². The van der Waals surface area contributed by atoms with Crippen LogP contribution in [0.4, 0.5) is 5.13 Å². The Bertz CT molecular complexity index is 980. The van der Waals surface area contributed by atoms with Gasteiger partial charge in [-0.15, -0.1) is 11.3 Å². The summed E-state index contributed by atoms with van der Waals surface area (Å²) < 4.78 is 2.49. The van der Waals surface area contributed by atoms with E-state index >= 15 is 0 Å². The van der Waals surface area contributed by atoms with Crippen LogP contribution in [0.15, 0.2) is 48.5 Å². The molecule has 6 heteroatoms. The lowest BCUT2D eigenvalue weighted by molar-refractivity contribution is 0.344. The molecule has 4 nitrogen and oxygen atoms in total. The number of piperidine rings is 1. The van der Waals surface area contributed by atoms with Gasteiger partial charge in [0, 0.05) is 13.1 Å². The van der Waals surface area contributed by atoms with Gasteiger partial charge in [0.25, 0.3) is 0 Å². The molecule has 26 heavy (non-hydrogen) atoms. The summed E-state index contributed by atoms with van der Waals surface area (Å²) in [5.74, 6) is 0.487. The van der Waals surface area contributed by atoms with Crippen LogP contribution in [0.25, 0.3) is 20.4 Å². The van der Waals surface area contributed by atoms with Gasteiger partial charge >= 0.3 is 0 Å². The summed E-state index contributed by atoms with van der Waals surface area (Å²) in [6.07, 6.45) is 2.18. The Balaban J connectivity index is 1.30. The van der Waals surface area contributed by atoms with Crippen molar-refractivity contribution in [2.24, 2.45) is 11.7 Å². The third kappa shape index (κ3) is 2.88. The van der Waals surface area contributed by atoms with Gasteiger partial charge in [0.1, 0.15) is 5.01 Å². The summed E-state index contributed by atoms with van der Waals surface area (Å²) in [7, 11) is 0. The van der Waals surface area contributed by atoms with Gasteiger partial charge in [-0.1, -0.05) is 35.6 Å². The van der Waals surface area contributed by atoms with Crippen LogP contribution in [0.3, 0.4) is 0 Å². The first-order valence-corrected chi connectivity index (χ1v) is 10.6. The van der Waals surface area contributed by atoms with Crippen molar-refractivity contribution < 1.29 is 0 Å². The Morgan fingerprint density at radius 3 is 2.15 bits per heavy atom. The third-order valence-electron chi connectivity index (χ3n) is 5.20. The molecule has 0 spiro atoms. The van der Waals surface area contributed by atoms with Gasteiger partial charge in [-0.3, -0.25) is 0 Å². The summed E-state index contributed by atoms with van der Waals surface area (Å²) in [6.45, 7) is 2.03. The van der Waals surface area contributed by atoms with Crippen LogP contribution in [-0.4, -0.2) is 23.1 Å². The van der Waals surface area contributed by atoms with Crippen molar-refractivity contribution in [3.8, 4) is 0 Å². The lowest BCUT2D eigenvalue weighted by Crippen LogP contribution is -2.37. The van der Waals surface area contributed by atoms with E-state index in [-0.39, 0.29) is 6.04 Å². The van der Waals surface area contributed by atoms with E-state index in [2.05, 4.69) is 47.4 Å². The molecular weight excluding hydrogens is 360 g/mol. The maximum Gasteiger partial charge on any atom is 0.186 e. The smallest absolute Gasteiger partial charge is 0.186 e. The molecule has 1 saturated heterocycles. The molecule has 0 radical (unpaired) electrons. The maximum absolute atomic E-state index is 6.60. The highest BCUT2D eigenvalue weighted by Crippen LogP contribution is 2.36. The summed E-state index contributed by atoms with van der Waals surface area (Å²) in [4.78, 5) is 12.0. The highest BCUT2D eigenvalue weighted by molar-refractivity contribution is 7.22. The number of thiazole rings is 2. The zero-order chi connectivity index (χ0) is 17.5. The summed E-state index contributed by atoms with van der Waals surface area (Å²) >= 11 is 3.53. The zero-order valence-electron chi connectivity index (χ0n) is 14.3. The molecule has 0 bridgehead atoms. The van der Waals surface area contributed by atoms with Crippen LogP contribution >= 0.6 is 22.7 Å².